The predicted octanol–water partition coefficient (Wildman–Crippen LogP) is 1.70. The number of rotatable bonds is 5. The summed E-state index contributed by atoms with van der Waals surface area (Å²) in [5, 5.41) is 12.2. The van der Waals surface area contributed by atoms with Gasteiger partial charge in [0.25, 0.3) is 0 Å². The first kappa shape index (κ1) is 17.9. The molecular formula is C20H23N5O. The van der Waals surface area contributed by atoms with Gasteiger partial charge in [0, 0.05) is 38.9 Å². The van der Waals surface area contributed by atoms with E-state index in [9.17, 15) is 10.1 Å². The SMILES string of the molecule is Cc1ccccc1CNC(=O)CN1CCN(c2ncccc2C#N)CC1. The Morgan fingerprint density at radius 3 is 2.69 bits per heavy atom. The highest BCUT2D eigenvalue weighted by Gasteiger charge is 2.21. The zero-order valence-corrected chi connectivity index (χ0v) is 15.0. The average Bonchev–Trinajstić information content (AvgIpc) is 2.68. The topological polar surface area (TPSA) is 72.3 Å². The molecule has 134 valence electrons. The van der Waals surface area contributed by atoms with Gasteiger partial charge in [-0.2, -0.15) is 5.26 Å². The largest absolute Gasteiger partial charge is 0.353 e. The summed E-state index contributed by atoms with van der Waals surface area (Å²) in [5.74, 6) is 0.774. The molecule has 0 bridgehead atoms. The van der Waals surface area contributed by atoms with Crippen molar-refractivity contribution in [3.05, 3.63) is 59.3 Å². The van der Waals surface area contributed by atoms with Gasteiger partial charge in [-0.05, 0) is 30.2 Å². The lowest BCUT2D eigenvalue weighted by atomic mass is 10.1. The molecule has 1 N–H and O–H groups in total. The van der Waals surface area contributed by atoms with Crippen molar-refractivity contribution >= 4 is 11.7 Å². The molecule has 26 heavy (non-hydrogen) atoms. The van der Waals surface area contributed by atoms with Gasteiger partial charge >= 0.3 is 0 Å². The monoisotopic (exact) mass is 349 g/mol. The molecule has 6 nitrogen and oxygen atoms in total. The molecule has 0 spiro atoms. The van der Waals surface area contributed by atoms with Crippen molar-refractivity contribution in [1.29, 1.82) is 5.26 Å². The van der Waals surface area contributed by atoms with Crippen molar-refractivity contribution in [3.63, 3.8) is 0 Å². The second kappa shape index (κ2) is 8.45. The minimum atomic E-state index is 0.0391. The zero-order chi connectivity index (χ0) is 18.4. The fourth-order valence-corrected chi connectivity index (χ4v) is 3.12. The summed E-state index contributed by atoms with van der Waals surface area (Å²) in [7, 11) is 0. The number of piperazine rings is 1. The van der Waals surface area contributed by atoms with Gasteiger partial charge in [-0.25, -0.2) is 4.98 Å². The highest BCUT2D eigenvalue weighted by atomic mass is 16.2. The first-order chi connectivity index (χ1) is 12.7. The van der Waals surface area contributed by atoms with Crippen molar-refractivity contribution in [2.45, 2.75) is 13.5 Å². The van der Waals surface area contributed by atoms with Gasteiger partial charge in [-0.3, -0.25) is 9.69 Å². The normalized spacial score (nSPS) is 14.7. The second-order valence-corrected chi connectivity index (χ2v) is 6.45. The van der Waals surface area contributed by atoms with Crippen LogP contribution in [0.2, 0.25) is 0 Å². The number of nitrogens with one attached hydrogen (secondary N) is 1. The molecule has 1 aliphatic heterocycles. The molecule has 3 rings (SSSR count). The number of pyridine rings is 1. The van der Waals surface area contributed by atoms with Crippen molar-refractivity contribution < 1.29 is 4.79 Å². The number of carbonyl (C=O) groups excluding carboxylic acids is 1. The second-order valence-electron chi connectivity index (χ2n) is 6.45. The van der Waals surface area contributed by atoms with E-state index >= 15 is 0 Å². The summed E-state index contributed by atoms with van der Waals surface area (Å²) >= 11 is 0. The number of amides is 1. The fourth-order valence-electron chi connectivity index (χ4n) is 3.12. The van der Waals surface area contributed by atoms with E-state index in [1.165, 1.54) is 5.56 Å². The average molecular weight is 349 g/mol. The molecule has 2 aromatic rings. The van der Waals surface area contributed by atoms with E-state index in [4.69, 9.17) is 0 Å². The van der Waals surface area contributed by atoms with Crippen molar-refractivity contribution in [1.82, 2.24) is 15.2 Å². The molecular weight excluding hydrogens is 326 g/mol. The van der Waals surface area contributed by atoms with Gasteiger partial charge in [-0.15, -0.1) is 0 Å². The van der Waals surface area contributed by atoms with Crippen LogP contribution in [0.4, 0.5) is 5.82 Å². The summed E-state index contributed by atoms with van der Waals surface area (Å²) in [4.78, 5) is 20.8. The van der Waals surface area contributed by atoms with Crippen LogP contribution in [0.3, 0.4) is 0 Å². The number of aromatic nitrogens is 1. The predicted molar refractivity (Wildman–Crippen MR) is 101 cm³/mol. The molecule has 1 aromatic heterocycles. The van der Waals surface area contributed by atoms with Gasteiger partial charge in [-0.1, -0.05) is 24.3 Å². The van der Waals surface area contributed by atoms with Gasteiger partial charge in [0.1, 0.15) is 11.9 Å². The lowest BCUT2D eigenvalue weighted by Crippen LogP contribution is -2.49. The van der Waals surface area contributed by atoms with E-state index < -0.39 is 0 Å². The van der Waals surface area contributed by atoms with E-state index in [2.05, 4.69) is 26.2 Å². The van der Waals surface area contributed by atoms with E-state index in [0.717, 1.165) is 37.6 Å². The number of anilines is 1. The van der Waals surface area contributed by atoms with Crippen LogP contribution < -0.4 is 10.2 Å². The summed E-state index contributed by atoms with van der Waals surface area (Å²) in [6.45, 7) is 6.08. The van der Waals surface area contributed by atoms with Crippen LogP contribution in [0.15, 0.2) is 42.6 Å². The summed E-state index contributed by atoms with van der Waals surface area (Å²) < 4.78 is 0. The molecule has 1 amide bonds. The molecule has 1 aromatic carbocycles. The van der Waals surface area contributed by atoms with Crippen molar-refractivity contribution in [2.24, 2.45) is 0 Å². The molecule has 0 unspecified atom stereocenters. The maximum absolute atomic E-state index is 12.2. The summed E-state index contributed by atoms with van der Waals surface area (Å²) in [6.07, 6.45) is 1.71. The molecule has 2 heterocycles. The first-order valence-electron chi connectivity index (χ1n) is 8.81. The third-order valence-corrected chi connectivity index (χ3v) is 4.68. The zero-order valence-electron chi connectivity index (χ0n) is 15.0. The molecule has 1 saturated heterocycles. The van der Waals surface area contributed by atoms with Gasteiger partial charge < -0.3 is 10.2 Å². The van der Waals surface area contributed by atoms with Crippen LogP contribution in [0, 0.1) is 18.3 Å². The smallest absolute Gasteiger partial charge is 0.234 e. The Morgan fingerprint density at radius 1 is 1.19 bits per heavy atom. The van der Waals surface area contributed by atoms with Crippen molar-refractivity contribution in [2.75, 3.05) is 37.6 Å². The number of aryl methyl sites for hydroxylation is 1. The molecule has 0 atom stereocenters. The van der Waals surface area contributed by atoms with E-state index in [0.29, 0.717) is 18.7 Å². The number of benzene rings is 1. The Balaban J connectivity index is 1.47. The minimum absolute atomic E-state index is 0.0391. The highest BCUT2D eigenvalue weighted by Crippen LogP contribution is 2.17. The van der Waals surface area contributed by atoms with E-state index in [1.807, 2.05) is 31.2 Å². The number of hydrogen-bond acceptors (Lipinski definition) is 5. The summed E-state index contributed by atoms with van der Waals surface area (Å²) in [6, 6.07) is 13.8. The van der Waals surface area contributed by atoms with E-state index in [-0.39, 0.29) is 5.91 Å². The fraction of sp³-hybridized carbons (Fsp3) is 0.350. The number of nitrogens with zero attached hydrogens (tertiary/aromatic N) is 4. The molecule has 0 aliphatic carbocycles. The van der Waals surface area contributed by atoms with Crippen LogP contribution in [-0.4, -0.2) is 48.5 Å². The Morgan fingerprint density at radius 2 is 1.96 bits per heavy atom. The van der Waals surface area contributed by atoms with Crippen LogP contribution >= 0.6 is 0 Å². The van der Waals surface area contributed by atoms with Crippen LogP contribution in [0.1, 0.15) is 16.7 Å². The molecule has 0 saturated carbocycles. The van der Waals surface area contributed by atoms with Crippen LogP contribution in [-0.2, 0) is 11.3 Å². The van der Waals surface area contributed by atoms with Gasteiger partial charge in [0.15, 0.2) is 0 Å². The van der Waals surface area contributed by atoms with Crippen LogP contribution in [0.5, 0.6) is 0 Å². The van der Waals surface area contributed by atoms with Gasteiger partial charge in [0.05, 0.1) is 12.1 Å². The molecule has 0 radical (unpaired) electrons. The maximum Gasteiger partial charge on any atom is 0.234 e. The highest BCUT2D eigenvalue weighted by molar-refractivity contribution is 5.78. The minimum Gasteiger partial charge on any atom is -0.353 e. The molecule has 1 aliphatic rings. The van der Waals surface area contributed by atoms with Crippen LogP contribution in [0.25, 0.3) is 0 Å². The first-order valence-corrected chi connectivity index (χ1v) is 8.81. The Kier molecular flexibility index (Phi) is 5.82. The lowest BCUT2D eigenvalue weighted by molar-refractivity contribution is -0.122. The number of hydrogen-bond donors (Lipinski definition) is 1. The van der Waals surface area contributed by atoms with Gasteiger partial charge in [0.2, 0.25) is 5.91 Å². The van der Waals surface area contributed by atoms with E-state index in [1.54, 1.807) is 18.3 Å². The Hall–Kier alpha value is -2.91. The Labute approximate surface area is 154 Å². The maximum atomic E-state index is 12.2. The number of nitriles is 1. The number of carbonyl (C=O) groups is 1. The molecule has 6 heteroatoms. The quantitative estimate of drug-likeness (QED) is 0.889. The van der Waals surface area contributed by atoms with Crippen molar-refractivity contribution in [3.8, 4) is 6.07 Å². The summed E-state index contributed by atoms with van der Waals surface area (Å²) in [5.41, 5.74) is 2.92. The Bertz CT molecular complexity index is 806. The standard InChI is InChI=1S/C20H23N5O/c1-16-5-2-3-6-18(16)14-23-19(26)15-24-9-11-25(12-10-24)20-17(13-21)7-4-8-22-20/h2-8H,9-12,14-15H2,1H3,(H,23,26). The third-order valence-electron chi connectivity index (χ3n) is 4.68. The third kappa shape index (κ3) is 4.38. The lowest BCUT2D eigenvalue weighted by Gasteiger charge is -2.35. The molecule has 1 fully saturated rings.